The van der Waals surface area contributed by atoms with E-state index in [9.17, 15) is 0 Å². The Bertz CT molecular complexity index is 108. The first kappa shape index (κ1) is 9.83. The summed E-state index contributed by atoms with van der Waals surface area (Å²) in [6, 6.07) is 0. The van der Waals surface area contributed by atoms with Gasteiger partial charge in [-0.05, 0) is 0 Å². The predicted octanol–water partition coefficient (Wildman–Crippen LogP) is 1.16. The molecule has 0 aromatic rings. The number of hydrogen-bond donors (Lipinski definition) is 0. The molecule has 0 aromatic carbocycles. The predicted molar refractivity (Wildman–Crippen MR) is 38.3 cm³/mol. The van der Waals surface area contributed by atoms with E-state index in [0.29, 0.717) is 6.61 Å². The van der Waals surface area contributed by atoms with Crippen LogP contribution in [-0.2, 0) is 13.6 Å². The van der Waals surface area contributed by atoms with Gasteiger partial charge in [0.05, 0.1) is 0 Å². The van der Waals surface area contributed by atoms with Crippen molar-refractivity contribution in [3.63, 3.8) is 0 Å². The topological polar surface area (TPSA) is 27.7 Å². The summed E-state index contributed by atoms with van der Waals surface area (Å²) in [7, 11) is 3.12. The molecule has 0 heterocycles. The van der Waals surface area contributed by atoms with Gasteiger partial charge in [0.1, 0.15) is 0 Å². The summed E-state index contributed by atoms with van der Waals surface area (Å²) in [6.07, 6.45) is -2.06. The van der Waals surface area contributed by atoms with Crippen molar-refractivity contribution >= 4 is 21.3 Å². The SMILES string of the molecule is CCOP(=[Se])(OC)OC. The molecule has 3 nitrogen and oxygen atoms in total. The van der Waals surface area contributed by atoms with Gasteiger partial charge in [0.2, 0.25) is 0 Å². The summed E-state index contributed by atoms with van der Waals surface area (Å²) in [6.45, 7) is 2.49. The summed E-state index contributed by atoms with van der Waals surface area (Å²) in [4.78, 5) is 0. The Hall–Kier alpha value is 0.829. The molecule has 0 unspecified atom stereocenters. The van der Waals surface area contributed by atoms with E-state index in [2.05, 4.69) is 15.1 Å². The Morgan fingerprint density at radius 2 is 1.78 bits per heavy atom. The second-order valence-electron chi connectivity index (χ2n) is 1.23. The molecule has 0 rings (SSSR count). The Morgan fingerprint density at radius 1 is 1.33 bits per heavy atom. The van der Waals surface area contributed by atoms with Crippen LogP contribution in [0.5, 0.6) is 0 Å². The molecule has 0 N–H and O–H groups in total. The van der Waals surface area contributed by atoms with Gasteiger partial charge in [-0.1, -0.05) is 0 Å². The van der Waals surface area contributed by atoms with Crippen LogP contribution in [0.25, 0.3) is 0 Å². The van der Waals surface area contributed by atoms with Crippen molar-refractivity contribution in [1.82, 2.24) is 0 Å². The normalized spacial score (nSPS) is 11.9. The maximum absolute atomic E-state index is 5.14. The summed E-state index contributed by atoms with van der Waals surface area (Å²) in [5, 5.41) is 0. The third-order valence-corrected chi connectivity index (χ3v) is 4.74. The maximum atomic E-state index is 5.14. The molecule has 0 radical (unpaired) electrons. The van der Waals surface area contributed by atoms with Gasteiger partial charge in [-0.15, -0.1) is 0 Å². The van der Waals surface area contributed by atoms with Crippen LogP contribution in [0, 0.1) is 0 Å². The third kappa shape index (κ3) is 3.51. The molecule has 0 spiro atoms. The van der Waals surface area contributed by atoms with Crippen LogP contribution in [0.15, 0.2) is 0 Å². The molecule has 0 fully saturated rings. The quantitative estimate of drug-likeness (QED) is 0.522. The molecule has 0 saturated heterocycles. The summed E-state index contributed by atoms with van der Waals surface area (Å²) in [5.74, 6) is 0. The monoisotopic (exact) mass is 218 g/mol. The van der Waals surface area contributed by atoms with E-state index in [4.69, 9.17) is 13.6 Å². The van der Waals surface area contributed by atoms with Crippen molar-refractivity contribution in [2.45, 2.75) is 6.92 Å². The van der Waals surface area contributed by atoms with Crippen molar-refractivity contribution < 1.29 is 13.6 Å². The molecule has 0 bridgehead atoms. The average molecular weight is 217 g/mol. The molecule has 56 valence electrons. The van der Waals surface area contributed by atoms with E-state index >= 15 is 0 Å². The van der Waals surface area contributed by atoms with Gasteiger partial charge < -0.3 is 0 Å². The van der Waals surface area contributed by atoms with Gasteiger partial charge >= 0.3 is 62.6 Å². The molecular formula is C4H11O3PSe. The van der Waals surface area contributed by atoms with Crippen molar-refractivity contribution in [2.24, 2.45) is 0 Å². The first-order chi connectivity index (χ1) is 4.18. The van der Waals surface area contributed by atoms with E-state index in [-0.39, 0.29) is 0 Å². The first-order valence-corrected chi connectivity index (χ1v) is 6.30. The fourth-order valence-corrected chi connectivity index (χ4v) is 1.68. The van der Waals surface area contributed by atoms with Crippen molar-refractivity contribution in [1.29, 1.82) is 0 Å². The van der Waals surface area contributed by atoms with Crippen LogP contribution >= 0.6 is 6.19 Å². The van der Waals surface area contributed by atoms with Gasteiger partial charge in [-0.2, -0.15) is 0 Å². The summed E-state index contributed by atoms with van der Waals surface area (Å²) in [5.41, 5.74) is 0. The third-order valence-electron chi connectivity index (χ3n) is 0.734. The molecule has 0 aliphatic carbocycles. The zero-order chi connectivity index (χ0) is 7.33. The molecule has 0 saturated carbocycles. The minimum absolute atomic E-state index is 0.600. The van der Waals surface area contributed by atoms with Gasteiger partial charge in [-0.3, -0.25) is 0 Å². The van der Waals surface area contributed by atoms with Crippen molar-refractivity contribution in [2.75, 3.05) is 20.8 Å². The van der Waals surface area contributed by atoms with Crippen molar-refractivity contribution in [3.8, 4) is 0 Å². The molecule has 5 heteroatoms. The fourth-order valence-electron chi connectivity index (χ4n) is 0.338. The van der Waals surface area contributed by atoms with E-state index in [0.717, 1.165) is 0 Å². The Morgan fingerprint density at radius 3 is 1.89 bits per heavy atom. The average Bonchev–Trinajstić information content (AvgIpc) is 1.89. The zero-order valence-corrected chi connectivity index (χ0v) is 8.39. The van der Waals surface area contributed by atoms with Crippen LogP contribution in [-0.4, -0.2) is 35.9 Å². The van der Waals surface area contributed by atoms with E-state index in [1.165, 1.54) is 0 Å². The van der Waals surface area contributed by atoms with Crippen LogP contribution in [0.4, 0.5) is 0 Å². The molecule has 0 amide bonds. The van der Waals surface area contributed by atoms with Crippen LogP contribution in [0.1, 0.15) is 6.92 Å². The van der Waals surface area contributed by atoms with Gasteiger partial charge in [0.15, 0.2) is 0 Å². The van der Waals surface area contributed by atoms with E-state index < -0.39 is 6.19 Å². The van der Waals surface area contributed by atoms with E-state index in [1.807, 2.05) is 6.92 Å². The number of hydrogen-bond acceptors (Lipinski definition) is 3. The van der Waals surface area contributed by atoms with Gasteiger partial charge in [0, 0.05) is 0 Å². The minimum atomic E-state index is -2.06. The molecular weight excluding hydrogens is 206 g/mol. The standard InChI is InChI=1S/C4H11O3PSe/c1-4-7-8(9,5-2)6-3/h4H2,1-3H3. The van der Waals surface area contributed by atoms with Gasteiger partial charge in [0.25, 0.3) is 0 Å². The Balaban J connectivity index is 3.78. The molecule has 0 aliphatic rings. The Kier molecular flexibility index (Phi) is 5.04. The van der Waals surface area contributed by atoms with E-state index in [1.54, 1.807) is 14.2 Å². The van der Waals surface area contributed by atoms with Gasteiger partial charge in [-0.25, -0.2) is 0 Å². The molecule has 0 aliphatic heterocycles. The first-order valence-electron chi connectivity index (χ1n) is 2.54. The molecule has 0 aromatic heterocycles. The summed E-state index contributed by atoms with van der Waals surface area (Å²) < 4.78 is 15.0. The second-order valence-corrected chi connectivity index (χ2v) is 5.93. The van der Waals surface area contributed by atoms with Crippen LogP contribution in [0.2, 0.25) is 0 Å². The van der Waals surface area contributed by atoms with Crippen LogP contribution < -0.4 is 0 Å². The zero-order valence-electron chi connectivity index (χ0n) is 5.79. The number of rotatable bonds is 4. The second kappa shape index (κ2) is 4.62. The molecule has 0 atom stereocenters. The summed E-state index contributed by atoms with van der Waals surface area (Å²) >= 11 is 2.74. The van der Waals surface area contributed by atoms with Crippen LogP contribution in [0.3, 0.4) is 0 Å². The Labute approximate surface area is 63.1 Å². The fraction of sp³-hybridized carbons (Fsp3) is 1.00. The van der Waals surface area contributed by atoms with Crippen molar-refractivity contribution in [3.05, 3.63) is 0 Å². The molecule has 9 heavy (non-hydrogen) atoms.